The molecule has 3 rings (SSSR count). The summed E-state index contributed by atoms with van der Waals surface area (Å²) < 4.78 is 2.30. The zero-order valence-corrected chi connectivity index (χ0v) is 11.5. The number of nitrogens with zero attached hydrogens (tertiary/aromatic N) is 2. The largest absolute Gasteiger partial charge is 0.330 e. The van der Waals surface area contributed by atoms with Gasteiger partial charge in [0, 0.05) is 12.1 Å². The van der Waals surface area contributed by atoms with Crippen LogP contribution in [-0.4, -0.2) is 22.6 Å². The molecule has 100 valence electrons. The Labute approximate surface area is 114 Å². The topological polar surface area (TPSA) is 29.9 Å². The van der Waals surface area contributed by atoms with Crippen LogP contribution in [0.4, 0.5) is 0 Å². The zero-order chi connectivity index (χ0) is 13.1. The molecule has 0 saturated carbocycles. The Bertz CT molecular complexity index is 538. The Morgan fingerprint density at radius 3 is 3.16 bits per heavy atom. The molecule has 3 heteroatoms. The average Bonchev–Trinajstić information content (AvgIpc) is 2.88. The molecule has 3 nitrogen and oxygen atoms in total. The smallest absolute Gasteiger partial charge is 0.0951 e. The molecule has 1 aromatic carbocycles. The van der Waals surface area contributed by atoms with E-state index in [1.807, 2.05) is 12.5 Å². The van der Waals surface area contributed by atoms with E-state index in [0.717, 1.165) is 19.0 Å². The van der Waals surface area contributed by atoms with Gasteiger partial charge in [-0.15, -0.1) is 0 Å². The van der Waals surface area contributed by atoms with Crippen molar-refractivity contribution >= 4 is 0 Å². The quantitative estimate of drug-likeness (QED) is 0.914. The van der Waals surface area contributed by atoms with Gasteiger partial charge in [-0.2, -0.15) is 0 Å². The van der Waals surface area contributed by atoms with Crippen LogP contribution in [0.1, 0.15) is 18.4 Å². The summed E-state index contributed by atoms with van der Waals surface area (Å²) in [7, 11) is 0. The molecule has 1 N–H and O–H groups in total. The Morgan fingerprint density at radius 1 is 1.42 bits per heavy atom. The van der Waals surface area contributed by atoms with E-state index in [2.05, 4.69) is 46.1 Å². The second kappa shape index (κ2) is 5.57. The van der Waals surface area contributed by atoms with Gasteiger partial charge in [0.05, 0.1) is 18.2 Å². The van der Waals surface area contributed by atoms with Crippen molar-refractivity contribution in [2.24, 2.45) is 5.92 Å². The molecule has 1 aliphatic heterocycles. The van der Waals surface area contributed by atoms with Crippen LogP contribution in [0, 0.1) is 12.8 Å². The van der Waals surface area contributed by atoms with E-state index >= 15 is 0 Å². The summed E-state index contributed by atoms with van der Waals surface area (Å²) in [6, 6.07) is 8.64. The van der Waals surface area contributed by atoms with Crippen LogP contribution < -0.4 is 5.32 Å². The molecule has 0 aliphatic carbocycles. The first kappa shape index (κ1) is 12.4. The van der Waals surface area contributed by atoms with E-state index in [0.29, 0.717) is 0 Å². The predicted molar refractivity (Wildman–Crippen MR) is 78.0 cm³/mol. The van der Waals surface area contributed by atoms with Gasteiger partial charge in [0.25, 0.3) is 0 Å². The molecule has 0 radical (unpaired) electrons. The third-order valence-electron chi connectivity index (χ3n) is 3.88. The van der Waals surface area contributed by atoms with Crippen LogP contribution in [0.25, 0.3) is 11.3 Å². The molecule has 2 aromatic rings. The lowest BCUT2D eigenvalue weighted by Gasteiger charge is -2.23. The van der Waals surface area contributed by atoms with E-state index in [1.54, 1.807) is 0 Å². The highest BCUT2D eigenvalue weighted by Crippen LogP contribution is 2.22. The van der Waals surface area contributed by atoms with Gasteiger partial charge in [-0.05, 0) is 44.8 Å². The number of imidazole rings is 1. The molecule has 1 fully saturated rings. The maximum absolute atomic E-state index is 4.34. The Balaban J connectivity index is 1.81. The normalized spacial score (nSPS) is 19.5. The molecule has 2 heterocycles. The van der Waals surface area contributed by atoms with E-state index in [-0.39, 0.29) is 0 Å². The van der Waals surface area contributed by atoms with Crippen molar-refractivity contribution in [1.82, 2.24) is 14.9 Å². The van der Waals surface area contributed by atoms with Gasteiger partial charge in [0.15, 0.2) is 0 Å². The van der Waals surface area contributed by atoms with Crippen LogP contribution in [0.15, 0.2) is 36.8 Å². The monoisotopic (exact) mass is 255 g/mol. The van der Waals surface area contributed by atoms with E-state index < -0.39 is 0 Å². The van der Waals surface area contributed by atoms with E-state index in [1.165, 1.54) is 36.2 Å². The summed E-state index contributed by atoms with van der Waals surface area (Å²) in [6.07, 6.45) is 6.55. The molecule has 1 atom stereocenters. The number of piperidine rings is 1. The average molecular weight is 255 g/mol. The molecule has 1 unspecified atom stereocenters. The van der Waals surface area contributed by atoms with Crippen molar-refractivity contribution in [3.8, 4) is 11.3 Å². The second-order valence-corrected chi connectivity index (χ2v) is 5.51. The number of rotatable bonds is 3. The highest BCUT2D eigenvalue weighted by Gasteiger charge is 2.15. The summed E-state index contributed by atoms with van der Waals surface area (Å²) in [5.74, 6) is 0.728. The molecule has 1 aromatic heterocycles. The molecule has 0 spiro atoms. The number of aryl methyl sites for hydroxylation is 1. The number of hydrogen-bond donors (Lipinski definition) is 1. The highest BCUT2D eigenvalue weighted by atomic mass is 15.1. The van der Waals surface area contributed by atoms with E-state index in [4.69, 9.17) is 0 Å². The second-order valence-electron chi connectivity index (χ2n) is 5.51. The van der Waals surface area contributed by atoms with E-state index in [9.17, 15) is 0 Å². The molecule has 0 bridgehead atoms. The fourth-order valence-corrected chi connectivity index (χ4v) is 2.87. The standard InChI is InChI=1S/C16H21N3/c1-13-4-2-6-15(8-13)16-10-18-12-19(16)11-14-5-3-7-17-9-14/h2,4,6,8,10,12,14,17H,3,5,7,9,11H2,1H3. The van der Waals surface area contributed by atoms with Gasteiger partial charge in [0.1, 0.15) is 0 Å². The van der Waals surface area contributed by atoms with Gasteiger partial charge in [-0.1, -0.05) is 23.8 Å². The van der Waals surface area contributed by atoms with Crippen LogP contribution in [0.2, 0.25) is 0 Å². The van der Waals surface area contributed by atoms with Crippen molar-refractivity contribution in [3.63, 3.8) is 0 Å². The lowest BCUT2D eigenvalue weighted by molar-refractivity contribution is 0.338. The van der Waals surface area contributed by atoms with Crippen molar-refractivity contribution in [2.45, 2.75) is 26.3 Å². The number of hydrogen-bond acceptors (Lipinski definition) is 2. The Hall–Kier alpha value is -1.61. The predicted octanol–water partition coefficient (Wildman–Crippen LogP) is 2.86. The van der Waals surface area contributed by atoms with Crippen molar-refractivity contribution in [1.29, 1.82) is 0 Å². The highest BCUT2D eigenvalue weighted by molar-refractivity contribution is 5.59. The van der Waals surface area contributed by atoms with Gasteiger partial charge in [0.2, 0.25) is 0 Å². The summed E-state index contributed by atoms with van der Waals surface area (Å²) >= 11 is 0. The molecular weight excluding hydrogens is 234 g/mol. The first-order chi connectivity index (χ1) is 9.33. The first-order valence-corrected chi connectivity index (χ1v) is 7.11. The molecule has 1 saturated heterocycles. The Morgan fingerprint density at radius 2 is 2.37 bits per heavy atom. The zero-order valence-electron chi connectivity index (χ0n) is 11.5. The van der Waals surface area contributed by atoms with Gasteiger partial charge in [-0.3, -0.25) is 0 Å². The van der Waals surface area contributed by atoms with Crippen LogP contribution in [0.5, 0.6) is 0 Å². The lowest BCUT2D eigenvalue weighted by Crippen LogP contribution is -2.32. The lowest BCUT2D eigenvalue weighted by atomic mass is 9.99. The number of aromatic nitrogens is 2. The first-order valence-electron chi connectivity index (χ1n) is 7.11. The van der Waals surface area contributed by atoms with Gasteiger partial charge in [-0.25, -0.2) is 4.98 Å². The third-order valence-corrected chi connectivity index (χ3v) is 3.88. The fourth-order valence-electron chi connectivity index (χ4n) is 2.87. The van der Waals surface area contributed by atoms with Crippen LogP contribution in [0.3, 0.4) is 0 Å². The van der Waals surface area contributed by atoms with Crippen molar-refractivity contribution < 1.29 is 0 Å². The number of nitrogens with one attached hydrogen (secondary N) is 1. The minimum atomic E-state index is 0.728. The maximum Gasteiger partial charge on any atom is 0.0951 e. The number of benzene rings is 1. The minimum absolute atomic E-state index is 0.728. The molecule has 19 heavy (non-hydrogen) atoms. The van der Waals surface area contributed by atoms with Crippen molar-refractivity contribution in [3.05, 3.63) is 42.4 Å². The maximum atomic E-state index is 4.34. The Kier molecular flexibility index (Phi) is 3.65. The summed E-state index contributed by atoms with van der Waals surface area (Å²) in [4.78, 5) is 4.34. The van der Waals surface area contributed by atoms with Crippen molar-refractivity contribution in [2.75, 3.05) is 13.1 Å². The fraction of sp³-hybridized carbons (Fsp3) is 0.438. The summed E-state index contributed by atoms with van der Waals surface area (Å²) in [6.45, 7) is 5.50. The summed E-state index contributed by atoms with van der Waals surface area (Å²) in [5, 5.41) is 3.48. The molecular formula is C16H21N3. The SMILES string of the molecule is Cc1cccc(-c2cncn2CC2CCCNC2)c1. The molecule has 0 amide bonds. The van der Waals surface area contributed by atoms with Gasteiger partial charge < -0.3 is 9.88 Å². The van der Waals surface area contributed by atoms with Crippen LogP contribution >= 0.6 is 0 Å². The summed E-state index contributed by atoms with van der Waals surface area (Å²) in [5.41, 5.74) is 3.79. The minimum Gasteiger partial charge on any atom is -0.330 e. The van der Waals surface area contributed by atoms with Gasteiger partial charge >= 0.3 is 0 Å². The van der Waals surface area contributed by atoms with Crippen LogP contribution in [-0.2, 0) is 6.54 Å². The third kappa shape index (κ3) is 2.87. The molecule has 1 aliphatic rings.